The fourth-order valence-electron chi connectivity index (χ4n) is 4.26. The molecule has 0 spiro atoms. The quantitative estimate of drug-likeness (QED) is 0.871. The number of hydrogen-bond donors (Lipinski definition) is 2. The first kappa shape index (κ1) is 17.3. The summed E-state index contributed by atoms with van der Waals surface area (Å²) in [5.74, 6) is 0.369. The fourth-order valence-corrected chi connectivity index (χ4v) is 4.26. The number of amides is 2. The highest BCUT2D eigenvalue weighted by atomic mass is 16.3. The zero-order valence-electron chi connectivity index (χ0n) is 14.5. The van der Waals surface area contributed by atoms with Crippen LogP contribution in [-0.4, -0.2) is 42.3 Å². The van der Waals surface area contributed by atoms with Crippen molar-refractivity contribution in [2.24, 2.45) is 11.3 Å². The highest BCUT2D eigenvalue weighted by Crippen LogP contribution is 2.40. The number of nitrogens with zero attached hydrogens (tertiary/aromatic N) is 1. The summed E-state index contributed by atoms with van der Waals surface area (Å²) in [6.07, 6.45) is 7.83. The van der Waals surface area contributed by atoms with Crippen LogP contribution in [0.4, 0.5) is 4.79 Å². The van der Waals surface area contributed by atoms with E-state index in [0.29, 0.717) is 5.92 Å². The van der Waals surface area contributed by atoms with Crippen LogP contribution in [0.3, 0.4) is 0 Å². The minimum Gasteiger partial charge on any atom is -0.396 e. The van der Waals surface area contributed by atoms with Gasteiger partial charge in [0.25, 0.3) is 0 Å². The van der Waals surface area contributed by atoms with Crippen LogP contribution in [0.1, 0.15) is 44.1 Å². The van der Waals surface area contributed by atoms with E-state index < -0.39 is 0 Å². The van der Waals surface area contributed by atoms with Crippen molar-refractivity contribution in [1.82, 2.24) is 10.2 Å². The monoisotopic (exact) mass is 330 g/mol. The van der Waals surface area contributed by atoms with Gasteiger partial charge in [-0.1, -0.05) is 43.2 Å². The number of benzene rings is 1. The number of piperidine rings is 1. The second-order valence-electron chi connectivity index (χ2n) is 7.64. The Balaban J connectivity index is 1.53. The maximum Gasteiger partial charge on any atom is 0.317 e. The van der Waals surface area contributed by atoms with Crippen LogP contribution in [0.2, 0.25) is 0 Å². The van der Waals surface area contributed by atoms with Crippen molar-refractivity contribution in [2.45, 2.75) is 44.9 Å². The van der Waals surface area contributed by atoms with Gasteiger partial charge in [-0.15, -0.1) is 0 Å². The van der Waals surface area contributed by atoms with Crippen molar-refractivity contribution in [1.29, 1.82) is 0 Å². The molecule has 0 unspecified atom stereocenters. The van der Waals surface area contributed by atoms with Gasteiger partial charge in [0, 0.05) is 26.2 Å². The highest BCUT2D eigenvalue weighted by Gasteiger charge is 2.35. The molecule has 1 saturated heterocycles. The number of carbonyl (C=O) groups excluding carboxylic acids is 1. The van der Waals surface area contributed by atoms with Gasteiger partial charge < -0.3 is 15.3 Å². The molecule has 0 atom stereocenters. The number of aliphatic hydroxyl groups is 1. The first-order valence-electron chi connectivity index (χ1n) is 9.38. The van der Waals surface area contributed by atoms with Gasteiger partial charge in [-0.25, -0.2) is 4.79 Å². The molecule has 1 aliphatic heterocycles. The predicted octanol–water partition coefficient (Wildman–Crippen LogP) is 3.20. The van der Waals surface area contributed by atoms with Crippen molar-refractivity contribution >= 4 is 6.03 Å². The summed E-state index contributed by atoms with van der Waals surface area (Å²) in [7, 11) is 0. The average Bonchev–Trinajstić information content (AvgIpc) is 3.09. The molecule has 0 radical (unpaired) electrons. The molecule has 1 saturated carbocycles. The van der Waals surface area contributed by atoms with E-state index in [9.17, 15) is 9.90 Å². The van der Waals surface area contributed by atoms with Crippen LogP contribution >= 0.6 is 0 Å². The standard InChI is InChI=1S/C20H30N2O2/c23-15-18-8-12-22(13-9-18)19(24)21-16-20(10-4-5-11-20)14-17-6-2-1-3-7-17/h1-3,6-7,18,23H,4-5,8-16H2,(H,21,24). The molecule has 2 fully saturated rings. The van der Waals surface area contributed by atoms with Gasteiger partial charge in [-0.2, -0.15) is 0 Å². The molecule has 24 heavy (non-hydrogen) atoms. The number of nitrogens with one attached hydrogen (secondary N) is 1. The Morgan fingerprint density at radius 1 is 1.17 bits per heavy atom. The Hall–Kier alpha value is -1.55. The summed E-state index contributed by atoms with van der Waals surface area (Å²) >= 11 is 0. The SMILES string of the molecule is O=C(NCC1(Cc2ccccc2)CCCC1)N1CCC(CO)CC1. The van der Waals surface area contributed by atoms with Crippen molar-refractivity contribution in [3.63, 3.8) is 0 Å². The van der Waals surface area contributed by atoms with Gasteiger partial charge in [-0.3, -0.25) is 0 Å². The summed E-state index contributed by atoms with van der Waals surface area (Å²) in [6.45, 7) is 2.56. The van der Waals surface area contributed by atoms with Crippen LogP contribution in [0.15, 0.2) is 30.3 Å². The third-order valence-corrected chi connectivity index (χ3v) is 5.86. The van der Waals surface area contributed by atoms with E-state index in [1.54, 1.807) is 0 Å². The molecule has 3 rings (SSSR count). The fraction of sp³-hybridized carbons (Fsp3) is 0.650. The Kier molecular flexibility index (Phi) is 5.77. The largest absolute Gasteiger partial charge is 0.396 e. The third kappa shape index (κ3) is 4.29. The first-order chi connectivity index (χ1) is 11.7. The molecule has 0 bridgehead atoms. The van der Waals surface area contributed by atoms with Crippen LogP contribution in [0.5, 0.6) is 0 Å². The second-order valence-corrected chi connectivity index (χ2v) is 7.64. The van der Waals surface area contributed by atoms with Crippen LogP contribution in [-0.2, 0) is 6.42 Å². The van der Waals surface area contributed by atoms with Crippen LogP contribution < -0.4 is 5.32 Å². The third-order valence-electron chi connectivity index (χ3n) is 5.86. The number of aliphatic hydroxyl groups excluding tert-OH is 1. The van der Waals surface area contributed by atoms with Gasteiger partial charge in [0.2, 0.25) is 0 Å². The van der Waals surface area contributed by atoms with Crippen LogP contribution in [0, 0.1) is 11.3 Å². The van der Waals surface area contributed by atoms with Crippen LogP contribution in [0.25, 0.3) is 0 Å². The second kappa shape index (κ2) is 8.02. The lowest BCUT2D eigenvalue weighted by Crippen LogP contribution is -2.48. The Morgan fingerprint density at radius 3 is 2.46 bits per heavy atom. The van der Waals surface area contributed by atoms with Crippen molar-refractivity contribution in [3.8, 4) is 0 Å². The number of rotatable bonds is 5. The maximum atomic E-state index is 12.5. The van der Waals surface area contributed by atoms with E-state index in [4.69, 9.17) is 0 Å². The molecule has 1 aromatic carbocycles. The first-order valence-corrected chi connectivity index (χ1v) is 9.38. The molecule has 2 N–H and O–H groups in total. The Morgan fingerprint density at radius 2 is 1.83 bits per heavy atom. The highest BCUT2D eigenvalue weighted by molar-refractivity contribution is 5.74. The average molecular weight is 330 g/mol. The van der Waals surface area contributed by atoms with E-state index >= 15 is 0 Å². The smallest absolute Gasteiger partial charge is 0.317 e. The zero-order chi connectivity index (χ0) is 16.8. The lowest BCUT2D eigenvalue weighted by Gasteiger charge is -2.34. The van der Waals surface area contributed by atoms with Gasteiger partial charge in [0.05, 0.1) is 0 Å². The van der Waals surface area contributed by atoms with Crippen molar-refractivity contribution in [2.75, 3.05) is 26.2 Å². The molecule has 132 valence electrons. The van der Waals surface area contributed by atoms with Gasteiger partial charge in [0.15, 0.2) is 0 Å². The van der Waals surface area contributed by atoms with E-state index in [1.165, 1.54) is 31.2 Å². The molecule has 2 aliphatic rings. The molecule has 1 aliphatic carbocycles. The summed E-state index contributed by atoms with van der Waals surface area (Å²) in [5.41, 5.74) is 1.60. The zero-order valence-corrected chi connectivity index (χ0v) is 14.5. The van der Waals surface area contributed by atoms with E-state index in [2.05, 4.69) is 35.6 Å². The molecule has 2 amide bonds. The number of likely N-dealkylation sites (tertiary alicyclic amines) is 1. The number of carbonyl (C=O) groups is 1. The van der Waals surface area contributed by atoms with E-state index in [1.807, 2.05) is 4.90 Å². The topological polar surface area (TPSA) is 52.6 Å². The predicted molar refractivity (Wildman–Crippen MR) is 95.8 cm³/mol. The van der Waals surface area contributed by atoms with Gasteiger partial charge >= 0.3 is 6.03 Å². The molecule has 1 heterocycles. The molecular weight excluding hydrogens is 300 g/mol. The summed E-state index contributed by atoms with van der Waals surface area (Å²) in [4.78, 5) is 14.4. The number of urea groups is 1. The minimum absolute atomic E-state index is 0.0747. The molecule has 4 heteroatoms. The lowest BCUT2D eigenvalue weighted by molar-refractivity contribution is 0.134. The minimum atomic E-state index is 0.0747. The van der Waals surface area contributed by atoms with Gasteiger partial charge in [-0.05, 0) is 49.0 Å². The Labute approximate surface area is 145 Å². The maximum absolute atomic E-state index is 12.5. The normalized spacial score (nSPS) is 21.0. The van der Waals surface area contributed by atoms with Crippen molar-refractivity contribution < 1.29 is 9.90 Å². The molecule has 0 aromatic heterocycles. The molecular formula is C20H30N2O2. The summed E-state index contributed by atoms with van der Waals surface area (Å²) in [6, 6.07) is 10.7. The lowest BCUT2D eigenvalue weighted by atomic mass is 9.80. The molecule has 1 aromatic rings. The van der Waals surface area contributed by atoms with E-state index in [-0.39, 0.29) is 18.1 Å². The summed E-state index contributed by atoms with van der Waals surface area (Å²) < 4.78 is 0. The summed E-state index contributed by atoms with van der Waals surface area (Å²) in [5, 5.41) is 12.4. The van der Waals surface area contributed by atoms with Crippen molar-refractivity contribution in [3.05, 3.63) is 35.9 Å². The van der Waals surface area contributed by atoms with E-state index in [0.717, 1.165) is 38.9 Å². The number of hydrogen-bond acceptors (Lipinski definition) is 2. The molecule has 4 nitrogen and oxygen atoms in total. The van der Waals surface area contributed by atoms with Gasteiger partial charge in [0.1, 0.15) is 0 Å². The Bertz CT molecular complexity index is 518.